The second kappa shape index (κ2) is 5.45. The van der Waals surface area contributed by atoms with Gasteiger partial charge < -0.3 is 5.73 Å². The molecule has 0 aliphatic rings. The number of benzene rings is 3. The quantitative estimate of drug-likeness (QED) is 0.692. The van der Waals surface area contributed by atoms with Crippen LogP contribution < -0.4 is 5.73 Å². The van der Waals surface area contributed by atoms with E-state index in [9.17, 15) is 0 Å². The first-order valence-corrected chi connectivity index (χ1v) is 7.10. The average Bonchev–Trinajstić information content (AvgIpc) is 2.45. The van der Waals surface area contributed by atoms with Gasteiger partial charge in [0.2, 0.25) is 0 Å². The second-order valence-corrected chi connectivity index (χ2v) is 5.62. The summed E-state index contributed by atoms with van der Waals surface area (Å²) in [6, 6.07) is 19.5. The van der Waals surface area contributed by atoms with E-state index in [1.54, 1.807) is 6.07 Å². The van der Waals surface area contributed by atoms with Crippen LogP contribution in [-0.2, 0) is 0 Å². The molecule has 0 amide bonds. The van der Waals surface area contributed by atoms with Crippen molar-refractivity contribution in [3.63, 3.8) is 0 Å². The van der Waals surface area contributed by atoms with Gasteiger partial charge in [0.1, 0.15) is 0 Å². The molecule has 3 heteroatoms. The van der Waals surface area contributed by atoms with Gasteiger partial charge in [0.15, 0.2) is 0 Å². The number of nitrogens with two attached hydrogens (primary N) is 1. The molecule has 0 bridgehead atoms. The Bertz CT molecular complexity index is 742. The first kappa shape index (κ1) is 13.4. The van der Waals surface area contributed by atoms with Crippen molar-refractivity contribution in [3.8, 4) is 0 Å². The molecule has 3 rings (SSSR count). The molecule has 0 saturated heterocycles. The molecule has 3 aromatic rings. The van der Waals surface area contributed by atoms with Crippen LogP contribution in [0.5, 0.6) is 0 Å². The number of halogens is 2. The van der Waals surface area contributed by atoms with E-state index in [2.05, 4.69) is 18.2 Å². The maximum absolute atomic E-state index is 6.40. The fourth-order valence-corrected chi connectivity index (χ4v) is 3.00. The highest BCUT2D eigenvalue weighted by Gasteiger charge is 2.13. The third-order valence-corrected chi connectivity index (χ3v) is 3.84. The number of fused-ring (bicyclic) bond motifs is 1. The molecule has 0 radical (unpaired) electrons. The van der Waals surface area contributed by atoms with Crippen LogP contribution in [0.2, 0.25) is 10.0 Å². The van der Waals surface area contributed by atoms with Crippen molar-refractivity contribution in [2.75, 3.05) is 0 Å². The largest absolute Gasteiger partial charge is 0.320 e. The Hall–Kier alpha value is -1.54. The van der Waals surface area contributed by atoms with Gasteiger partial charge in [-0.1, -0.05) is 65.7 Å². The minimum atomic E-state index is -0.253. The normalized spacial score (nSPS) is 12.6. The third kappa shape index (κ3) is 2.53. The molecule has 1 unspecified atom stereocenters. The maximum Gasteiger partial charge on any atom is 0.0558 e. The zero-order valence-corrected chi connectivity index (χ0v) is 12.2. The lowest BCUT2D eigenvalue weighted by Gasteiger charge is -2.16. The SMILES string of the molecule is NC(c1cc(Cl)cc(Cl)c1)c1cccc2ccccc12. The minimum absolute atomic E-state index is 0.253. The summed E-state index contributed by atoms with van der Waals surface area (Å²) in [4.78, 5) is 0. The van der Waals surface area contributed by atoms with Crippen LogP contribution in [0.4, 0.5) is 0 Å². The summed E-state index contributed by atoms with van der Waals surface area (Å²) in [6.45, 7) is 0. The van der Waals surface area contributed by atoms with E-state index >= 15 is 0 Å². The van der Waals surface area contributed by atoms with E-state index in [-0.39, 0.29) is 6.04 Å². The van der Waals surface area contributed by atoms with Crippen LogP contribution in [0.15, 0.2) is 60.7 Å². The molecule has 1 nitrogen and oxygen atoms in total. The van der Waals surface area contributed by atoms with Crippen molar-refractivity contribution in [2.24, 2.45) is 5.73 Å². The van der Waals surface area contributed by atoms with Gasteiger partial charge in [0, 0.05) is 10.0 Å². The van der Waals surface area contributed by atoms with E-state index in [1.165, 1.54) is 5.39 Å². The predicted octanol–water partition coefficient (Wildman–Crippen LogP) is 5.19. The van der Waals surface area contributed by atoms with Crippen molar-refractivity contribution in [3.05, 3.63) is 81.8 Å². The summed E-state index contributed by atoms with van der Waals surface area (Å²) >= 11 is 12.1. The summed E-state index contributed by atoms with van der Waals surface area (Å²) in [5.41, 5.74) is 8.39. The van der Waals surface area contributed by atoms with E-state index in [0.717, 1.165) is 16.5 Å². The molecular weight excluding hydrogens is 289 g/mol. The van der Waals surface area contributed by atoms with Gasteiger partial charge in [-0.05, 0) is 40.1 Å². The zero-order valence-electron chi connectivity index (χ0n) is 10.7. The molecule has 100 valence electrons. The first-order chi connectivity index (χ1) is 9.65. The molecule has 3 aromatic carbocycles. The van der Waals surface area contributed by atoms with Crippen molar-refractivity contribution in [2.45, 2.75) is 6.04 Å². The highest BCUT2D eigenvalue weighted by atomic mass is 35.5. The number of rotatable bonds is 2. The van der Waals surface area contributed by atoms with Gasteiger partial charge in [-0.2, -0.15) is 0 Å². The fraction of sp³-hybridized carbons (Fsp3) is 0.0588. The summed E-state index contributed by atoms with van der Waals surface area (Å²) in [6.07, 6.45) is 0. The first-order valence-electron chi connectivity index (χ1n) is 6.34. The predicted molar refractivity (Wildman–Crippen MR) is 86.4 cm³/mol. The number of hydrogen-bond acceptors (Lipinski definition) is 1. The Morgan fingerprint density at radius 2 is 1.45 bits per heavy atom. The standard InChI is InChI=1S/C17H13Cl2N/c18-13-8-12(9-14(19)10-13)17(20)16-7-3-5-11-4-1-2-6-15(11)16/h1-10,17H,20H2. The van der Waals surface area contributed by atoms with Crippen LogP contribution >= 0.6 is 23.2 Å². The average molecular weight is 302 g/mol. The molecule has 2 N–H and O–H groups in total. The molecule has 0 aliphatic heterocycles. The summed E-state index contributed by atoms with van der Waals surface area (Å²) in [7, 11) is 0. The summed E-state index contributed by atoms with van der Waals surface area (Å²) in [5.74, 6) is 0. The monoisotopic (exact) mass is 301 g/mol. The van der Waals surface area contributed by atoms with Crippen LogP contribution in [0.25, 0.3) is 10.8 Å². The van der Waals surface area contributed by atoms with Crippen LogP contribution in [0, 0.1) is 0 Å². The fourth-order valence-electron chi connectivity index (χ4n) is 2.46. The van der Waals surface area contributed by atoms with Crippen LogP contribution in [0.1, 0.15) is 17.2 Å². The van der Waals surface area contributed by atoms with Crippen molar-refractivity contribution >= 4 is 34.0 Å². The Morgan fingerprint density at radius 1 is 0.800 bits per heavy atom. The van der Waals surface area contributed by atoms with E-state index in [4.69, 9.17) is 28.9 Å². The smallest absolute Gasteiger partial charge is 0.0558 e. The molecule has 0 aromatic heterocycles. The molecule has 0 spiro atoms. The molecule has 1 atom stereocenters. The van der Waals surface area contributed by atoms with Crippen LogP contribution in [-0.4, -0.2) is 0 Å². The van der Waals surface area contributed by atoms with Gasteiger partial charge in [-0.3, -0.25) is 0 Å². The Balaban J connectivity index is 2.15. The maximum atomic E-state index is 6.40. The highest BCUT2D eigenvalue weighted by molar-refractivity contribution is 6.34. The van der Waals surface area contributed by atoms with Gasteiger partial charge in [-0.25, -0.2) is 0 Å². The van der Waals surface area contributed by atoms with E-state index < -0.39 is 0 Å². The Kier molecular flexibility index (Phi) is 3.66. The van der Waals surface area contributed by atoms with Crippen molar-refractivity contribution in [1.29, 1.82) is 0 Å². The lowest BCUT2D eigenvalue weighted by molar-refractivity contribution is 0.881. The Labute approximate surface area is 127 Å². The van der Waals surface area contributed by atoms with Crippen molar-refractivity contribution < 1.29 is 0 Å². The van der Waals surface area contributed by atoms with Gasteiger partial charge in [0.05, 0.1) is 6.04 Å². The molecule has 0 heterocycles. The minimum Gasteiger partial charge on any atom is -0.320 e. The molecule has 0 fully saturated rings. The molecule has 0 saturated carbocycles. The number of hydrogen-bond donors (Lipinski definition) is 1. The second-order valence-electron chi connectivity index (χ2n) is 4.75. The Morgan fingerprint density at radius 3 is 2.20 bits per heavy atom. The zero-order chi connectivity index (χ0) is 14.1. The van der Waals surface area contributed by atoms with Crippen molar-refractivity contribution in [1.82, 2.24) is 0 Å². The summed E-state index contributed by atoms with van der Waals surface area (Å²) in [5, 5.41) is 3.53. The lowest BCUT2D eigenvalue weighted by atomic mass is 9.94. The van der Waals surface area contributed by atoms with E-state index in [0.29, 0.717) is 10.0 Å². The van der Waals surface area contributed by atoms with Gasteiger partial charge in [-0.15, -0.1) is 0 Å². The molecule has 20 heavy (non-hydrogen) atoms. The van der Waals surface area contributed by atoms with Gasteiger partial charge in [0.25, 0.3) is 0 Å². The van der Waals surface area contributed by atoms with Gasteiger partial charge >= 0.3 is 0 Å². The lowest BCUT2D eigenvalue weighted by Crippen LogP contribution is -2.12. The molecule has 0 aliphatic carbocycles. The topological polar surface area (TPSA) is 26.0 Å². The molecular formula is C17H13Cl2N. The summed E-state index contributed by atoms with van der Waals surface area (Å²) < 4.78 is 0. The van der Waals surface area contributed by atoms with Crippen LogP contribution in [0.3, 0.4) is 0 Å². The highest BCUT2D eigenvalue weighted by Crippen LogP contribution is 2.30. The third-order valence-electron chi connectivity index (χ3n) is 3.40. The van der Waals surface area contributed by atoms with E-state index in [1.807, 2.05) is 36.4 Å².